The highest BCUT2D eigenvalue weighted by Crippen LogP contribution is 2.50. The summed E-state index contributed by atoms with van der Waals surface area (Å²) in [6.07, 6.45) is 0. The van der Waals surface area contributed by atoms with Gasteiger partial charge in [-0.3, -0.25) is 4.57 Å². The number of nitrogens with zero attached hydrogens (tertiary/aromatic N) is 3. The molecule has 0 spiro atoms. The van der Waals surface area contributed by atoms with Crippen molar-refractivity contribution in [2.75, 3.05) is 0 Å². The van der Waals surface area contributed by atoms with Gasteiger partial charge in [0, 0.05) is 37.9 Å². The summed E-state index contributed by atoms with van der Waals surface area (Å²) in [6, 6.07) is 53.3. The molecule has 5 heteroatoms. The van der Waals surface area contributed by atoms with Gasteiger partial charge in [-0.05, 0) is 64.7 Å². The molecule has 11 aromatic rings. The SMILES string of the molecule is CC1(C)c2cc(-c3cccc(-c4nc(-c5cccc6c5oc5ccccc56)nc5ccccc45)c3)ccc2-n2c3oc4ccccc4c3c3cccc1c32. The smallest absolute Gasteiger partial charge is 0.213 e. The standard InChI is InChI=1S/C49H31N3O2/c1-49(2)37-20-11-18-35-43-34-16-5-8-23-42(34)54-48(43)52(45(35)37)40-25-24-29(27-38(40)49)28-12-9-13-30(26-28)44-33-15-3-6-21-39(33)50-47(51-44)36-19-10-17-32-31-14-4-7-22-41(31)53-46(32)36/h3-27H,1-2H3. The van der Waals surface area contributed by atoms with E-state index in [1.807, 2.05) is 30.3 Å². The third-order valence-corrected chi connectivity index (χ3v) is 11.6. The van der Waals surface area contributed by atoms with Gasteiger partial charge in [-0.25, -0.2) is 9.97 Å². The molecule has 254 valence electrons. The Kier molecular flexibility index (Phi) is 5.78. The summed E-state index contributed by atoms with van der Waals surface area (Å²) in [5.74, 6) is 0.642. The maximum Gasteiger partial charge on any atom is 0.213 e. The van der Waals surface area contributed by atoms with Gasteiger partial charge in [-0.2, -0.15) is 0 Å². The van der Waals surface area contributed by atoms with Crippen LogP contribution in [-0.2, 0) is 5.41 Å². The number of furan rings is 2. The summed E-state index contributed by atoms with van der Waals surface area (Å²) in [7, 11) is 0. The van der Waals surface area contributed by atoms with Crippen molar-refractivity contribution in [3.63, 3.8) is 0 Å². The Morgan fingerprint density at radius 2 is 1.20 bits per heavy atom. The maximum absolute atomic E-state index is 6.61. The van der Waals surface area contributed by atoms with Gasteiger partial charge < -0.3 is 8.83 Å². The van der Waals surface area contributed by atoms with Crippen LogP contribution in [0.4, 0.5) is 0 Å². The first-order valence-corrected chi connectivity index (χ1v) is 18.4. The fourth-order valence-corrected chi connectivity index (χ4v) is 9.01. The van der Waals surface area contributed by atoms with Crippen LogP contribution in [0, 0.1) is 0 Å². The van der Waals surface area contributed by atoms with Crippen molar-refractivity contribution >= 4 is 65.8 Å². The Hall–Kier alpha value is -6.98. The van der Waals surface area contributed by atoms with Gasteiger partial charge in [-0.1, -0.05) is 123 Å². The summed E-state index contributed by atoms with van der Waals surface area (Å²) in [5, 5.41) is 6.71. The first-order chi connectivity index (χ1) is 26.5. The highest BCUT2D eigenvalue weighted by atomic mass is 16.3. The van der Waals surface area contributed by atoms with Crippen LogP contribution in [0.25, 0.3) is 105 Å². The molecule has 1 aliphatic heterocycles. The van der Waals surface area contributed by atoms with Crippen molar-refractivity contribution in [2.45, 2.75) is 19.3 Å². The molecular formula is C49H31N3O2. The van der Waals surface area contributed by atoms with Crippen LogP contribution in [0.1, 0.15) is 25.0 Å². The molecular weight excluding hydrogens is 663 g/mol. The Morgan fingerprint density at radius 1 is 0.519 bits per heavy atom. The fraction of sp³-hybridized carbons (Fsp3) is 0.0612. The highest BCUT2D eigenvalue weighted by Gasteiger charge is 2.36. The first kappa shape index (κ1) is 29.6. The molecule has 0 saturated heterocycles. The lowest BCUT2D eigenvalue weighted by atomic mass is 9.74. The minimum Gasteiger partial charge on any atom is -0.455 e. The normalized spacial score (nSPS) is 13.5. The van der Waals surface area contributed by atoms with Crippen molar-refractivity contribution in [3.8, 4) is 39.5 Å². The van der Waals surface area contributed by atoms with Gasteiger partial charge in [0.2, 0.25) is 5.71 Å². The molecule has 54 heavy (non-hydrogen) atoms. The highest BCUT2D eigenvalue weighted by molar-refractivity contribution is 6.21. The maximum atomic E-state index is 6.61. The summed E-state index contributed by atoms with van der Waals surface area (Å²) >= 11 is 0. The summed E-state index contributed by atoms with van der Waals surface area (Å²) in [6.45, 7) is 4.68. The molecule has 4 aromatic heterocycles. The van der Waals surface area contributed by atoms with Crippen molar-refractivity contribution in [1.29, 1.82) is 0 Å². The van der Waals surface area contributed by atoms with Crippen molar-refractivity contribution in [3.05, 3.63) is 163 Å². The van der Waals surface area contributed by atoms with Crippen LogP contribution in [0.2, 0.25) is 0 Å². The second-order valence-electron chi connectivity index (χ2n) is 14.9. The molecule has 5 nitrogen and oxygen atoms in total. The molecule has 0 fully saturated rings. The van der Waals surface area contributed by atoms with Gasteiger partial charge in [0.25, 0.3) is 0 Å². The summed E-state index contributed by atoms with van der Waals surface area (Å²) < 4.78 is 15.4. The predicted octanol–water partition coefficient (Wildman–Crippen LogP) is 13.0. The average molecular weight is 694 g/mol. The second-order valence-corrected chi connectivity index (χ2v) is 14.9. The Balaban J connectivity index is 1.03. The lowest BCUT2D eigenvalue weighted by Gasteiger charge is -2.34. The molecule has 7 aromatic carbocycles. The van der Waals surface area contributed by atoms with Crippen LogP contribution in [0.3, 0.4) is 0 Å². The van der Waals surface area contributed by atoms with Gasteiger partial charge >= 0.3 is 0 Å². The quantitative estimate of drug-likeness (QED) is 0.185. The van der Waals surface area contributed by atoms with Gasteiger partial charge in [0.15, 0.2) is 5.82 Å². The molecule has 0 atom stereocenters. The monoisotopic (exact) mass is 693 g/mol. The number of benzene rings is 7. The summed E-state index contributed by atoms with van der Waals surface area (Å²) in [5.41, 5.74) is 14.1. The topological polar surface area (TPSA) is 57.0 Å². The number of fused-ring (bicyclic) bond motifs is 11. The van der Waals surface area contributed by atoms with Gasteiger partial charge in [-0.15, -0.1) is 0 Å². The molecule has 0 aliphatic carbocycles. The van der Waals surface area contributed by atoms with Crippen LogP contribution < -0.4 is 0 Å². The predicted molar refractivity (Wildman–Crippen MR) is 219 cm³/mol. The fourth-order valence-electron chi connectivity index (χ4n) is 9.01. The molecule has 12 rings (SSSR count). The van der Waals surface area contributed by atoms with E-state index in [-0.39, 0.29) is 5.41 Å². The molecule has 0 radical (unpaired) electrons. The van der Waals surface area contributed by atoms with Crippen molar-refractivity contribution in [1.82, 2.24) is 14.5 Å². The molecule has 0 bridgehead atoms. The molecule has 5 heterocycles. The molecule has 0 amide bonds. The van der Waals surface area contributed by atoms with Gasteiger partial charge in [0.05, 0.1) is 33.4 Å². The van der Waals surface area contributed by atoms with E-state index < -0.39 is 0 Å². The van der Waals surface area contributed by atoms with E-state index in [9.17, 15) is 0 Å². The van der Waals surface area contributed by atoms with Crippen LogP contribution in [0.15, 0.2) is 160 Å². The van der Waals surface area contributed by atoms with Crippen molar-refractivity contribution < 1.29 is 8.83 Å². The average Bonchev–Trinajstić information content (AvgIpc) is 3.89. The van der Waals surface area contributed by atoms with Crippen LogP contribution >= 0.6 is 0 Å². The third-order valence-electron chi connectivity index (χ3n) is 11.6. The van der Waals surface area contributed by atoms with E-state index in [0.717, 1.165) is 83.2 Å². The third kappa shape index (κ3) is 3.93. The Bertz CT molecular complexity index is 3380. The Morgan fingerprint density at radius 3 is 2.09 bits per heavy atom. The van der Waals surface area contributed by atoms with E-state index in [1.165, 1.54) is 27.4 Å². The van der Waals surface area contributed by atoms with E-state index in [2.05, 4.69) is 140 Å². The number of hydrogen-bond acceptors (Lipinski definition) is 4. The van der Waals surface area contributed by atoms with Crippen molar-refractivity contribution in [2.24, 2.45) is 0 Å². The van der Waals surface area contributed by atoms with Gasteiger partial charge in [0.1, 0.15) is 16.7 Å². The minimum atomic E-state index is -0.237. The molecule has 0 N–H and O–H groups in total. The van der Waals surface area contributed by atoms with Crippen LogP contribution in [-0.4, -0.2) is 14.5 Å². The minimum absolute atomic E-state index is 0.237. The molecule has 1 aliphatic rings. The van der Waals surface area contributed by atoms with E-state index in [4.69, 9.17) is 18.8 Å². The number of para-hydroxylation sites is 5. The summed E-state index contributed by atoms with van der Waals surface area (Å²) in [4.78, 5) is 10.4. The second kappa shape index (κ2) is 10.6. The van der Waals surface area contributed by atoms with E-state index >= 15 is 0 Å². The van der Waals surface area contributed by atoms with Crippen LogP contribution in [0.5, 0.6) is 0 Å². The van der Waals surface area contributed by atoms with E-state index in [0.29, 0.717) is 5.82 Å². The Labute approximate surface area is 309 Å². The lowest BCUT2D eigenvalue weighted by molar-refractivity contribution is 0.612. The number of aromatic nitrogens is 3. The zero-order valence-corrected chi connectivity index (χ0v) is 29.6. The number of rotatable bonds is 3. The van der Waals surface area contributed by atoms with E-state index in [1.54, 1.807) is 0 Å². The molecule has 0 unspecified atom stereocenters. The zero-order valence-electron chi connectivity index (χ0n) is 29.6. The first-order valence-electron chi connectivity index (χ1n) is 18.4. The lowest BCUT2D eigenvalue weighted by Crippen LogP contribution is -2.26. The number of hydrogen-bond donors (Lipinski definition) is 0. The zero-order chi connectivity index (χ0) is 35.7. The molecule has 0 saturated carbocycles. The largest absolute Gasteiger partial charge is 0.455 e.